The number of nitrogen functional groups attached to an aromatic ring is 1. The Labute approximate surface area is 106 Å². The lowest BCUT2D eigenvalue weighted by atomic mass is 10.1. The standard InChI is InChI=1S/C13H16N4O/c1-9-4-3-5-10(2)13(9)15-12(18)8-17-7-6-11(14)16-17/h3-7H,8H2,1-2H3,(H2,14,16)(H,15,18). The van der Waals surface area contributed by atoms with Crippen LogP contribution in [0.15, 0.2) is 30.5 Å². The second-order valence-corrected chi connectivity index (χ2v) is 4.25. The van der Waals surface area contributed by atoms with E-state index in [1.807, 2.05) is 32.0 Å². The highest BCUT2D eigenvalue weighted by Gasteiger charge is 2.08. The number of hydrogen-bond donors (Lipinski definition) is 2. The predicted octanol–water partition coefficient (Wildman–Crippen LogP) is 1.72. The van der Waals surface area contributed by atoms with Gasteiger partial charge in [-0.2, -0.15) is 5.10 Å². The van der Waals surface area contributed by atoms with Gasteiger partial charge in [-0.1, -0.05) is 18.2 Å². The quantitative estimate of drug-likeness (QED) is 0.863. The zero-order chi connectivity index (χ0) is 13.1. The molecule has 0 aliphatic rings. The number of para-hydroxylation sites is 1. The third-order valence-corrected chi connectivity index (χ3v) is 2.71. The molecule has 3 N–H and O–H groups in total. The molecule has 0 unspecified atom stereocenters. The van der Waals surface area contributed by atoms with Crippen LogP contribution in [-0.2, 0) is 11.3 Å². The lowest BCUT2D eigenvalue weighted by Crippen LogP contribution is -2.20. The van der Waals surface area contributed by atoms with Crippen molar-refractivity contribution >= 4 is 17.4 Å². The molecular weight excluding hydrogens is 228 g/mol. The first-order chi connectivity index (χ1) is 8.56. The maximum absolute atomic E-state index is 11.9. The lowest BCUT2D eigenvalue weighted by Gasteiger charge is -2.11. The molecule has 0 fully saturated rings. The molecule has 5 heteroatoms. The number of aromatic nitrogens is 2. The minimum absolute atomic E-state index is 0.115. The molecule has 0 bridgehead atoms. The number of nitrogens with zero attached hydrogens (tertiary/aromatic N) is 2. The molecule has 18 heavy (non-hydrogen) atoms. The molecule has 0 saturated heterocycles. The highest BCUT2D eigenvalue weighted by atomic mass is 16.2. The molecule has 0 radical (unpaired) electrons. The molecule has 0 spiro atoms. The molecule has 0 aliphatic heterocycles. The van der Waals surface area contributed by atoms with Crippen molar-refractivity contribution in [1.82, 2.24) is 9.78 Å². The molecule has 1 amide bonds. The smallest absolute Gasteiger partial charge is 0.246 e. The van der Waals surface area contributed by atoms with Crippen molar-refractivity contribution in [2.24, 2.45) is 0 Å². The molecule has 1 aromatic heterocycles. The number of hydrogen-bond acceptors (Lipinski definition) is 3. The van der Waals surface area contributed by atoms with E-state index < -0.39 is 0 Å². The van der Waals surface area contributed by atoms with Crippen molar-refractivity contribution in [1.29, 1.82) is 0 Å². The van der Waals surface area contributed by atoms with Crippen molar-refractivity contribution in [3.63, 3.8) is 0 Å². The van der Waals surface area contributed by atoms with E-state index in [0.717, 1.165) is 16.8 Å². The van der Waals surface area contributed by atoms with Gasteiger partial charge < -0.3 is 11.1 Å². The van der Waals surface area contributed by atoms with Gasteiger partial charge in [-0.05, 0) is 31.0 Å². The normalized spacial score (nSPS) is 10.3. The average Bonchev–Trinajstić information content (AvgIpc) is 2.69. The van der Waals surface area contributed by atoms with Crippen LogP contribution in [0.3, 0.4) is 0 Å². The molecule has 0 aliphatic carbocycles. The summed E-state index contributed by atoms with van der Waals surface area (Å²) in [7, 11) is 0. The number of nitrogens with two attached hydrogens (primary N) is 1. The van der Waals surface area contributed by atoms with Crippen molar-refractivity contribution in [2.75, 3.05) is 11.1 Å². The summed E-state index contributed by atoms with van der Waals surface area (Å²) in [5, 5.41) is 6.87. The maximum Gasteiger partial charge on any atom is 0.246 e. The number of amides is 1. The number of carbonyl (C=O) groups is 1. The van der Waals surface area contributed by atoms with Crippen LogP contribution in [0.4, 0.5) is 11.5 Å². The topological polar surface area (TPSA) is 72.9 Å². The fourth-order valence-electron chi connectivity index (χ4n) is 1.80. The second-order valence-electron chi connectivity index (χ2n) is 4.25. The highest BCUT2D eigenvalue weighted by molar-refractivity contribution is 5.92. The number of anilines is 2. The van der Waals surface area contributed by atoms with E-state index in [2.05, 4.69) is 10.4 Å². The minimum Gasteiger partial charge on any atom is -0.382 e. The molecular formula is C13H16N4O. The van der Waals surface area contributed by atoms with Gasteiger partial charge in [-0.3, -0.25) is 9.48 Å². The maximum atomic E-state index is 11.9. The van der Waals surface area contributed by atoms with Gasteiger partial charge in [0, 0.05) is 11.9 Å². The van der Waals surface area contributed by atoms with Crippen LogP contribution in [0.2, 0.25) is 0 Å². The lowest BCUT2D eigenvalue weighted by molar-refractivity contribution is -0.116. The van der Waals surface area contributed by atoms with Crippen molar-refractivity contribution in [3.05, 3.63) is 41.6 Å². The minimum atomic E-state index is -0.115. The van der Waals surface area contributed by atoms with Crippen LogP contribution in [0.1, 0.15) is 11.1 Å². The van der Waals surface area contributed by atoms with Crippen LogP contribution < -0.4 is 11.1 Å². The Kier molecular flexibility index (Phi) is 3.32. The van der Waals surface area contributed by atoms with E-state index in [-0.39, 0.29) is 12.5 Å². The third kappa shape index (κ3) is 2.68. The van der Waals surface area contributed by atoms with Crippen molar-refractivity contribution < 1.29 is 4.79 Å². The Morgan fingerprint density at radius 2 is 2.00 bits per heavy atom. The average molecular weight is 244 g/mol. The SMILES string of the molecule is Cc1cccc(C)c1NC(=O)Cn1ccc(N)n1. The number of benzene rings is 1. The first-order valence-corrected chi connectivity index (χ1v) is 5.71. The molecule has 2 rings (SSSR count). The first-order valence-electron chi connectivity index (χ1n) is 5.71. The van der Waals surface area contributed by atoms with Crippen molar-refractivity contribution in [2.45, 2.75) is 20.4 Å². The number of rotatable bonds is 3. The summed E-state index contributed by atoms with van der Waals surface area (Å²) < 4.78 is 1.51. The molecule has 5 nitrogen and oxygen atoms in total. The Balaban J connectivity index is 2.08. The largest absolute Gasteiger partial charge is 0.382 e. The summed E-state index contributed by atoms with van der Waals surface area (Å²) in [6, 6.07) is 7.56. The molecule has 0 saturated carbocycles. The number of nitrogens with one attached hydrogen (secondary N) is 1. The van der Waals surface area contributed by atoms with Crippen LogP contribution in [0, 0.1) is 13.8 Å². The van der Waals surface area contributed by atoms with E-state index in [1.54, 1.807) is 12.3 Å². The summed E-state index contributed by atoms with van der Waals surface area (Å²) in [5.74, 6) is 0.297. The highest BCUT2D eigenvalue weighted by Crippen LogP contribution is 2.19. The third-order valence-electron chi connectivity index (χ3n) is 2.71. The van der Waals surface area contributed by atoms with Crippen LogP contribution >= 0.6 is 0 Å². The number of carbonyl (C=O) groups excluding carboxylic acids is 1. The van der Waals surface area contributed by atoms with Crippen molar-refractivity contribution in [3.8, 4) is 0 Å². The van der Waals surface area contributed by atoms with Gasteiger partial charge in [0.25, 0.3) is 0 Å². The first kappa shape index (κ1) is 12.2. The van der Waals surface area contributed by atoms with Gasteiger partial charge in [0.05, 0.1) is 0 Å². The Morgan fingerprint density at radius 3 is 2.56 bits per heavy atom. The fourth-order valence-corrected chi connectivity index (χ4v) is 1.80. The van der Waals surface area contributed by atoms with Crippen LogP contribution in [0.5, 0.6) is 0 Å². The van der Waals surface area contributed by atoms with Gasteiger partial charge >= 0.3 is 0 Å². The van der Waals surface area contributed by atoms with E-state index in [4.69, 9.17) is 5.73 Å². The zero-order valence-electron chi connectivity index (χ0n) is 10.5. The Bertz CT molecular complexity index is 554. The predicted molar refractivity (Wildman–Crippen MR) is 71.2 cm³/mol. The molecule has 2 aromatic rings. The summed E-state index contributed by atoms with van der Waals surface area (Å²) >= 11 is 0. The summed E-state index contributed by atoms with van der Waals surface area (Å²) in [5.41, 5.74) is 8.44. The zero-order valence-corrected chi connectivity index (χ0v) is 10.5. The Hall–Kier alpha value is -2.30. The molecule has 1 aromatic carbocycles. The van der Waals surface area contributed by atoms with E-state index in [1.165, 1.54) is 4.68 Å². The second kappa shape index (κ2) is 4.91. The summed E-state index contributed by atoms with van der Waals surface area (Å²) in [4.78, 5) is 11.9. The molecule has 0 atom stereocenters. The van der Waals surface area contributed by atoms with Gasteiger partial charge in [-0.25, -0.2) is 0 Å². The fraction of sp³-hybridized carbons (Fsp3) is 0.231. The van der Waals surface area contributed by atoms with E-state index in [9.17, 15) is 4.79 Å². The van der Waals surface area contributed by atoms with Crippen LogP contribution in [0.25, 0.3) is 0 Å². The van der Waals surface area contributed by atoms with Gasteiger partial charge in [0.15, 0.2) is 0 Å². The van der Waals surface area contributed by atoms with E-state index in [0.29, 0.717) is 5.82 Å². The van der Waals surface area contributed by atoms with Gasteiger partial charge in [0.1, 0.15) is 12.4 Å². The monoisotopic (exact) mass is 244 g/mol. The Morgan fingerprint density at radius 1 is 1.33 bits per heavy atom. The van der Waals surface area contributed by atoms with E-state index >= 15 is 0 Å². The number of aryl methyl sites for hydroxylation is 2. The molecule has 1 heterocycles. The van der Waals surface area contributed by atoms with Crippen LogP contribution in [-0.4, -0.2) is 15.7 Å². The molecule has 94 valence electrons. The van der Waals surface area contributed by atoms with Gasteiger partial charge in [0.2, 0.25) is 5.91 Å². The summed E-state index contributed by atoms with van der Waals surface area (Å²) in [6.07, 6.45) is 1.68. The summed E-state index contributed by atoms with van der Waals surface area (Å²) in [6.45, 7) is 4.09. The van der Waals surface area contributed by atoms with Gasteiger partial charge in [-0.15, -0.1) is 0 Å².